The quantitative estimate of drug-likeness (QED) is 0.778. The van der Waals surface area contributed by atoms with Crippen molar-refractivity contribution in [2.75, 3.05) is 18.4 Å². The fraction of sp³-hybridized carbons (Fsp3) is 0.615. The molecule has 2 aromatic heterocycles. The van der Waals surface area contributed by atoms with Crippen molar-refractivity contribution in [1.29, 1.82) is 0 Å². The third kappa shape index (κ3) is 4.90. The smallest absolute Gasteiger partial charge is 0.315 e. The Morgan fingerprint density at radius 1 is 1.35 bits per heavy atom. The summed E-state index contributed by atoms with van der Waals surface area (Å²) in [7, 11) is 0. The number of aryl methyl sites for hydroxylation is 1. The Morgan fingerprint density at radius 2 is 2.20 bits per heavy atom. The minimum atomic E-state index is 0.471. The van der Waals surface area contributed by atoms with Gasteiger partial charge in [0, 0.05) is 18.3 Å². The van der Waals surface area contributed by atoms with Crippen molar-refractivity contribution in [3.05, 3.63) is 22.0 Å². The van der Waals surface area contributed by atoms with Gasteiger partial charge in [-0.2, -0.15) is 0 Å². The Kier molecular flexibility index (Phi) is 5.49. The molecular formula is C13H21N5OS. The summed E-state index contributed by atoms with van der Waals surface area (Å²) in [6, 6.07) is 0.471. The average Bonchev–Trinajstić information content (AvgIpc) is 2.99. The summed E-state index contributed by atoms with van der Waals surface area (Å²) < 4.78 is 5.49. The molecule has 7 heteroatoms. The summed E-state index contributed by atoms with van der Waals surface area (Å²) in [5, 5.41) is 17.5. The normalized spacial score (nSPS) is 11.2. The number of nitrogens with one attached hydrogen (secondary N) is 2. The molecule has 6 nitrogen and oxygen atoms in total. The van der Waals surface area contributed by atoms with Gasteiger partial charge in [-0.1, -0.05) is 18.9 Å². The van der Waals surface area contributed by atoms with Crippen molar-refractivity contribution < 1.29 is 4.42 Å². The third-order valence-corrected chi connectivity index (χ3v) is 3.44. The standard InChI is InChI=1S/C13H21N5OS/c1-9(2)6-14-7-12-17-18-13(19-12)15-5-4-11-8-20-10(3)16-11/h8-9,14H,4-7H2,1-3H3,(H,15,18). The van der Waals surface area contributed by atoms with E-state index in [9.17, 15) is 0 Å². The number of hydrogen-bond acceptors (Lipinski definition) is 7. The summed E-state index contributed by atoms with van der Waals surface area (Å²) in [6.07, 6.45) is 0.855. The molecule has 0 aliphatic rings. The minimum absolute atomic E-state index is 0.471. The molecule has 0 aliphatic carbocycles. The molecule has 0 aromatic carbocycles. The van der Waals surface area contributed by atoms with Crippen LogP contribution in [0.3, 0.4) is 0 Å². The molecule has 2 N–H and O–H groups in total. The van der Waals surface area contributed by atoms with Gasteiger partial charge < -0.3 is 15.1 Å². The zero-order valence-corrected chi connectivity index (χ0v) is 13.0. The van der Waals surface area contributed by atoms with Gasteiger partial charge in [0.2, 0.25) is 5.89 Å². The topological polar surface area (TPSA) is 75.9 Å². The summed E-state index contributed by atoms with van der Waals surface area (Å²) >= 11 is 1.67. The highest BCUT2D eigenvalue weighted by Gasteiger charge is 2.06. The zero-order chi connectivity index (χ0) is 14.4. The molecule has 0 spiro atoms. The Hall–Kier alpha value is -1.47. The Morgan fingerprint density at radius 3 is 2.90 bits per heavy atom. The lowest BCUT2D eigenvalue weighted by Gasteiger charge is -2.03. The van der Waals surface area contributed by atoms with E-state index in [1.165, 1.54) is 0 Å². The fourth-order valence-electron chi connectivity index (χ4n) is 1.68. The number of rotatable bonds is 8. The van der Waals surface area contributed by atoms with Gasteiger partial charge in [-0.05, 0) is 19.4 Å². The van der Waals surface area contributed by atoms with Gasteiger partial charge in [-0.25, -0.2) is 4.98 Å². The number of nitrogens with zero attached hydrogens (tertiary/aromatic N) is 3. The maximum absolute atomic E-state index is 5.49. The second-order valence-electron chi connectivity index (χ2n) is 5.06. The lowest BCUT2D eigenvalue weighted by molar-refractivity contribution is 0.458. The first-order valence-electron chi connectivity index (χ1n) is 6.81. The second-order valence-corrected chi connectivity index (χ2v) is 6.12. The van der Waals surface area contributed by atoms with Gasteiger partial charge in [0.05, 0.1) is 17.2 Å². The van der Waals surface area contributed by atoms with E-state index in [1.807, 2.05) is 6.92 Å². The second kappa shape index (κ2) is 7.35. The summed E-state index contributed by atoms with van der Waals surface area (Å²) in [6.45, 7) is 8.62. The lowest BCUT2D eigenvalue weighted by atomic mass is 10.2. The lowest BCUT2D eigenvalue weighted by Crippen LogP contribution is -2.19. The molecule has 0 amide bonds. The van der Waals surface area contributed by atoms with Crippen LogP contribution in [0.2, 0.25) is 0 Å². The van der Waals surface area contributed by atoms with Crippen LogP contribution in [0.4, 0.5) is 6.01 Å². The van der Waals surface area contributed by atoms with Crippen LogP contribution in [0.25, 0.3) is 0 Å². The largest absolute Gasteiger partial charge is 0.407 e. The molecule has 0 unspecified atom stereocenters. The minimum Gasteiger partial charge on any atom is -0.407 e. The van der Waals surface area contributed by atoms with Gasteiger partial charge >= 0.3 is 6.01 Å². The Bertz CT molecular complexity index is 522. The van der Waals surface area contributed by atoms with Crippen molar-refractivity contribution in [3.63, 3.8) is 0 Å². The van der Waals surface area contributed by atoms with E-state index >= 15 is 0 Å². The molecule has 2 rings (SSSR count). The maximum Gasteiger partial charge on any atom is 0.315 e. The van der Waals surface area contributed by atoms with Crippen LogP contribution in [0.1, 0.15) is 30.4 Å². The van der Waals surface area contributed by atoms with Crippen molar-refractivity contribution in [3.8, 4) is 0 Å². The van der Waals surface area contributed by atoms with Crippen LogP contribution in [0, 0.1) is 12.8 Å². The number of anilines is 1. The van der Waals surface area contributed by atoms with Gasteiger partial charge in [0.1, 0.15) is 0 Å². The molecule has 0 radical (unpaired) electrons. The highest BCUT2D eigenvalue weighted by atomic mass is 32.1. The first-order valence-corrected chi connectivity index (χ1v) is 7.69. The predicted molar refractivity (Wildman–Crippen MR) is 79.9 cm³/mol. The molecular weight excluding hydrogens is 274 g/mol. The van der Waals surface area contributed by atoms with E-state index < -0.39 is 0 Å². The molecule has 0 bridgehead atoms. The van der Waals surface area contributed by atoms with E-state index in [2.05, 4.69) is 45.0 Å². The molecule has 110 valence electrons. The number of aromatic nitrogens is 3. The van der Waals surface area contributed by atoms with Crippen LogP contribution >= 0.6 is 11.3 Å². The van der Waals surface area contributed by atoms with Crippen LogP contribution in [-0.2, 0) is 13.0 Å². The first kappa shape index (κ1) is 14.9. The van der Waals surface area contributed by atoms with Crippen molar-refractivity contribution in [2.24, 2.45) is 5.92 Å². The average molecular weight is 295 g/mol. The van der Waals surface area contributed by atoms with Gasteiger partial charge in [-0.3, -0.25) is 0 Å². The van der Waals surface area contributed by atoms with Crippen molar-refractivity contribution in [2.45, 2.75) is 33.7 Å². The SMILES string of the molecule is Cc1nc(CCNc2nnc(CNCC(C)C)o2)cs1. The van der Waals surface area contributed by atoms with Crippen molar-refractivity contribution in [1.82, 2.24) is 20.5 Å². The molecule has 0 fully saturated rings. The van der Waals surface area contributed by atoms with E-state index in [0.29, 0.717) is 24.4 Å². The first-order chi connectivity index (χ1) is 9.63. The zero-order valence-electron chi connectivity index (χ0n) is 12.1. The highest BCUT2D eigenvalue weighted by molar-refractivity contribution is 7.09. The monoisotopic (exact) mass is 295 g/mol. The van der Waals surface area contributed by atoms with E-state index in [4.69, 9.17) is 4.42 Å². The van der Waals surface area contributed by atoms with Crippen LogP contribution in [0.15, 0.2) is 9.80 Å². The third-order valence-electron chi connectivity index (χ3n) is 2.62. The molecule has 0 saturated heterocycles. The molecule has 0 atom stereocenters. The van der Waals surface area contributed by atoms with Gasteiger partial charge in [-0.15, -0.1) is 16.4 Å². The van der Waals surface area contributed by atoms with Crippen LogP contribution < -0.4 is 10.6 Å². The molecule has 2 aromatic rings. The molecule has 0 aliphatic heterocycles. The van der Waals surface area contributed by atoms with E-state index in [-0.39, 0.29) is 0 Å². The fourth-order valence-corrected chi connectivity index (χ4v) is 2.33. The van der Waals surface area contributed by atoms with E-state index in [0.717, 1.165) is 30.2 Å². The highest BCUT2D eigenvalue weighted by Crippen LogP contribution is 2.09. The van der Waals surface area contributed by atoms with Crippen molar-refractivity contribution >= 4 is 17.4 Å². The predicted octanol–water partition coefficient (Wildman–Crippen LogP) is 2.23. The van der Waals surface area contributed by atoms with Crippen LogP contribution in [0.5, 0.6) is 0 Å². The number of thiazole rings is 1. The Labute approximate surface area is 123 Å². The summed E-state index contributed by atoms with van der Waals surface area (Å²) in [4.78, 5) is 4.41. The summed E-state index contributed by atoms with van der Waals surface area (Å²) in [5.41, 5.74) is 1.10. The van der Waals surface area contributed by atoms with Crippen LogP contribution in [-0.4, -0.2) is 28.3 Å². The molecule has 2 heterocycles. The van der Waals surface area contributed by atoms with Gasteiger partial charge in [0.15, 0.2) is 0 Å². The summed E-state index contributed by atoms with van der Waals surface area (Å²) in [5.74, 6) is 1.22. The van der Waals surface area contributed by atoms with E-state index in [1.54, 1.807) is 11.3 Å². The van der Waals surface area contributed by atoms with Gasteiger partial charge in [0.25, 0.3) is 0 Å². The Balaban J connectivity index is 1.69. The maximum atomic E-state index is 5.49. The number of hydrogen-bond donors (Lipinski definition) is 2. The molecule has 0 saturated carbocycles. The molecule has 20 heavy (non-hydrogen) atoms.